The molecule has 0 saturated carbocycles. The number of hydrogen-bond acceptors (Lipinski definition) is 5. The zero-order valence-corrected chi connectivity index (χ0v) is 18.9. The summed E-state index contributed by atoms with van der Waals surface area (Å²) in [6.45, 7) is 3.83. The number of carbonyl (C=O) groups is 1. The molecule has 1 fully saturated rings. The highest BCUT2D eigenvalue weighted by Crippen LogP contribution is 2.33. The van der Waals surface area contributed by atoms with Crippen molar-refractivity contribution in [2.75, 3.05) is 42.9 Å². The van der Waals surface area contributed by atoms with Crippen LogP contribution in [0.2, 0.25) is 5.02 Å². The highest BCUT2D eigenvalue weighted by Gasteiger charge is 2.32. The lowest BCUT2D eigenvalue weighted by Crippen LogP contribution is -2.49. The maximum absolute atomic E-state index is 13.2. The Morgan fingerprint density at radius 1 is 1.12 bits per heavy atom. The molecule has 0 atom stereocenters. The van der Waals surface area contributed by atoms with Gasteiger partial charge in [-0.1, -0.05) is 11.6 Å². The third-order valence-electron chi connectivity index (χ3n) is 5.36. The Kier molecular flexibility index (Phi) is 6.76. The minimum Gasteiger partial charge on any atom is -0.353 e. The maximum atomic E-state index is 13.2. The molecule has 34 heavy (non-hydrogen) atoms. The standard InChI is InChI=1S/C22H21ClF4N6O/c1-14-10-19(33(30-14)17-4-2-16(24)3-5-17)29-20(34)13-31-6-8-32(9-7-31)21-18(23)11-15(12-28-21)22(25,26)27/h2-5,10-12H,6-9,13H2,1H3,(H,29,34). The van der Waals surface area contributed by atoms with Gasteiger partial charge in [-0.2, -0.15) is 18.3 Å². The van der Waals surface area contributed by atoms with Crippen LogP contribution in [0.5, 0.6) is 0 Å². The van der Waals surface area contributed by atoms with Gasteiger partial charge in [-0.3, -0.25) is 9.69 Å². The van der Waals surface area contributed by atoms with Gasteiger partial charge < -0.3 is 10.2 Å². The Balaban J connectivity index is 1.35. The molecule has 12 heteroatoms. The fraction of sp³-hybridized carbons (Fsp3) is 0.318. The van der Waals surface area contributed by atoms with E-state index in [4.69, 9.17) is 11.6 Å². The first-order chi connectivity index (χ1) is 16.1. The second kappa shape index (κ2) is 9.59. The number of carbonyl (C=O) groups excluding carboxylic acids is 1. The molecule has 1 N–H and O–H groups in total. The first kappa shape index (κ1) is 24.0. The molecule has 180 valence electrons. The number of nitrogens with zero attached hydrogens (tertiary/aromatic N) is 5. The van der Waals surface area contributed by atoms with Crippen LogP contribution in [0, 0.1) is 12.7 Å². The molecule has 0 radical (unpaired) electrons. The SMILES string of the molecule is Cc1cc(NC(=O)CN2CCN(c3ncc(C(F)(F)F)cc3Cl)CC2)n(-c2ccc(F)cc2)n1. The predicted molar refractivity (Wildman–Crippen MR) is 120 cm³/mol. The molecule has 0 unspecified atom stereocenters. The Labute approximate surface area is 197 Å². The van der Waals surface area contributed by atoms with Gasteiger partial charge in [0.05, 0.1) is 28.5 Å². The van der Waals surface area contributed by atoms with Crippen LogP contribution in [0.1, 0.15) is 11.3 Å². The second-order valence-electron chi connectivity index (χ2n) is 7.90. The molecule has 3 aromatic rings. The van der Waals surface area contributed by atoms with E-state index < -0.39 is 11.7 Å². The molecule has 0 bridgehead atoms. The van der Waals surface area contributed by atoms with Crippen LogP contribution in [-0.4, -0.2) is 58.3 Å². The monoisotopic (exact) mass is 496 g/mol. The molecule has 4 rings (SSSR count). The van der Waals surface area contributed by atoms with Crippen molar-refractivity contribution in [3.8, 4) is 5.69 Å². The van der Waals surface area contributed by atoms with Crippen LogP contribution in [0.4, 0.5) is 29.2 Å². The van der Waals surface area contributed by atoms with Gasteiger partial charge in [0.15, 0.2) is 0 Å². The third-order valence-corrected chi connectivity index (χ3v) is 5.64. The number of hydrogen-bond donors (Lipinski definition) is 1. The predicted octanol–water partition coefficient (Wildman–Crippen LogP) is 4.15. The van der Waals surface area contributed by atoms with E-state index in [0.717, 1.165) is 12.3 Å². The quantitative estimate of drug-likeness (QED) is 0.538. The minimum atomic E-state index is -4.51. The smallest absolute Gasteiger partial charge is 0.353 e. The fourth-order valence-corrected chi connectivity index (χ4v) is 3.98. The average Bonchev–Trinajstić information content (AvgIpc) is 3.14. The number of piperazine rings is 1. The lowest BCUT2D eigenvalue weighted by molar-refractivity contribution is -0.137. The molecule has 0 aliphatic carbocycles. The van der Waals surface area contributed by atoms with Crippen molar-refractivity contribution in [3.63, 3.8) is 0 Å². The van der Waals surface area contributed by atoms with Crippen molar-refractivity contribution in [2.45, 2.75) is 13.1 Å². The molecule has 1 amide bonds. The summed E-state index contributed by atoms with van der Waals surface area (Å²) in [6, 6.07) is 8.35. The number of anilines is 2. The van der Waals surface area contributed by atoms with E-state index in [1.165, 1.54) is 16.8 Å². The Hall–Kier alpha value is -3.18. The number of aryl methyl sites for hydroxylation is 1. The molecule has 2 aromatic heterocycles. The molecule has 1 aliphatic rings. The van der Waals surface area contributed by atoms with E-state index in [1.54, 1.807) is 30.0 Å². The van der Waals surface area contributed by atoms with E-state index in [-0.39, 0.29) is 29.1 Å². The lowest BCUT2D eigenvalue weighted by atomic mass is 10.2. The summed E-state index contributed by atoms with van der Waals surface area (Å²) in [7, 11) is 0. The van der Waals surface area contributed by atoms with Crippen molar-refractivity contribution >= 4 is 29.1 Å². The normalized spacial score (nSPS) is 14.9. The number of halogens is 5. The average molecular weight is 497 g/mol. The molecular weight excluding hydrogens is 476 g/mol. The number of nitrogens with one attached hydrogen (secondary N) is 1. The maximum Gasteiger partial charge on any atom is 0.417 e. The van der Waals surface area contributed by atoms with Crippen molar-refractivity contribution < 1.29 is 22.4 Å². The first-order valence-corrected chi connectivity index (χ1v) is 10.8. The van der Waals surface area contributed by atoms with Gasteiger partial charge in [-0.05, 0) is 37.3 Å². The Bertz CT molecular complexity index is 1170. The second-order valence-corrected chi connectivity index (χ2v) is 8.30. The Morgan fingerprint density at radius 2 is 1.79 bits per heavy atom. The van der Waals surface area contributed by atoms with E-state index in [9.17, 15) is 22.4 Å². The fourth-order valence-electron chi connectivity index (χ4n) is 3.69. The largest absolute Gasteiger partial charge is 0.417 e. The van der Waals surface area contributed by atoms with E-state index in [0.29, 0.717) is 43.4 Å². The number of rotatable bonds is 5. The topological polar surface area (TPSA) is 66.3 Å². The summed E-state index contributed by atoms with van der Waals surface area (Å²) < 4.78 is 53.3. The Morgan fingerprint density at radius 3 is 2.41 bits per heavy atom. The van der Waals surface area contributed by atoms with Crippen LogP contribution in [0.25, 0.3) is 5.69 Å². The van der Waals surface area contributed by atoms with Crippen LogP contribution >= 0.6 is 11.6 Å². The van der Waals surface area contributed by atoms with Gasteiger partial charge in [-0.25, -0.2) is 14.1 Å². The van der Waals surface area contributed by atoms with Crippen molar-refractivity contribution in [3.05, 3.63) is 64.7 Å². The van der Waals surface area contributed by atoms with Crippen LogP contribution < -0.4 is 10.2 Å². The third kappa shape index (κ3) is 5.48. The molecule has 1 saturated heterocycles. The zero-order chi connectivity index (χ0) is 24.5. The molecule has 7 nitrogen and oxygen atoms in total. The van der Waals surface area contributed by atoms with E-state index in [1.807, 2.05) is 4.90 Å². The summed E-state index contributed by atoms with van der Waals surface area (Å²) in [4.78, 5) is 20.3. The highest BCUT2D eigenvalue weighted by atomic mass is 35.5. The van der Waals surface area contributed by atoms with Gasteiger partial charge in [0.2, 0.25) is 5.91 Å². The summed E-state index contributed by atoms with van der Waals surface area (Å²) in [5.74, 6) is 0.137. The van der Waals surface area contributed by atoms with Crippen molar-refractivity contribution in [1.29, 1.82) is 0 Å². The van der Waals surface area contributed by atoms with Crippen LogP contribution in [0.15, 0.2) is 42.6 Å². The summed E-state index contributed by atoms with van der Waals surface area (Å²) >= 11 is 6.04. The number of pyridine rings is 1. The highest BCUT2D eigenvalue weighted by molar-refractivity contribution is 6.33. The van der Waals surface area contributed by atoms with Crippen LogP contribution in [0.3, 0.4) is 0 Å². The summed E-state index contributed by atoms with van der Waals surface area (Å²) in [6.07, 6.45) is -3.74. The van der Waals surface area contributed by atoms with E-state index in [2.05, 4.69) is 15.4 Å². The number of amides is 1. The van der Waals surface area contributed by atoms with Gasteiger partial charge in [-0.15, -0.1) is 0 Å². The number of benzene rings is 1. The molecule has 1 aromatic carbocycles. The van der Waals surface area contributed by atoms with Crippen molar-refractivity contribution in [2.24, 2.45) is 0 Å². The number of alkyl halides is 3. The van der Waals surface area contributed by atoms with E-state index >= 15 is 0 Å². The molecular formula is C22H21ClF4N6O. The minimum absolute atomic E-state index is 0.0644. The lowest BCUT2D eigenvalue weighted by Gasteiger charge is -2.35. The van der Waals surface area contributed by atoms with Crippen molar-refractivity contribution in [1.82, 2.24) is 19.7 Å². The zero-order valence-electron chi connectivity index (χ0n) is 18.1. The molecule has 0 spiro atoms. The molecule has 3 heterocycles. The summed E-state index contributed by atoms with van der Waals surface area (Å²) in [5.41, 5.74) is 0.403. The first-order valence-electron chi connectivity index (χ1n) is 10.4. The van der Waals surface area contributed by atoms with Gasteiger partial charge in [0.1, 0.15) is 17.5 Å². The molecule has 1 aliphatic heterocycles. The van der Waals surface area contributed by atoms with Gasteiger partial charge in [0, 0.05) is 38.4 Å². The van der Waals surface area contributed by atoms with Gasteiger partial charge >= 0.3 is 6.18 Å². The number of aromatic nitrogens is 3. The van der Waals surface area contributed by atoms with Gasteiger partial charge in [0.25, 0.3) is 0 Å². The van der Waals surface area contributed by atoms with Crippen LogP contribution in [-0.2, 0) is 11.0 Å². The summed E-state index contributed by atoms with van der Waals surface area (Å²) in [5, 5.41) is 7.13.